The Kier molecular flexibility index (Phi) is 53.9. The van der Waals surface area contributed by atoms with Gasteiger partial charge in [-0.3, -0.25) is 9.59 Å². The van der Waals surface area contributed by atoms with Crippen LogP contribution in [-0.4, -0.2) is 37.9 Å². The maximum Gasteiger partial charge on any atom is 0.306 e. The second-order valence-corrected chi connectivity index (χ2v) is 18.4. The van der Waals surface area contributed by atoms with Crippen LogP contribution in [0.2, 0.25) is 0 Å². The highest BCUT2D eigenvalue weighted by molar-refractivity contribution is 5.70. The molecule has 1 unspecified atom stereocenters. The van der Waals surface area contributed by atoms with Gasteiger partial charge < -0.3 is 14.2 Å². The summed E-state index contributed by atoms with van der Waals surface area (Å²) < 4.78 is 17.4. The smallest absolute Gasteiger partial charge is 0.306 e. The van der Waals surface area contributed by atoms with E-state index in [2.05, 4.69) is 106 Å². The molecule has 380 valence electrons. The van der Waals surface area contributed by atoms with Crippen molar-refractivity contribution >= 4 is 11.9 Å². The summed E-state index contributed by atoms with van der Waals surface area (Å²) in [5.74, 6) is -0.435. The summed E-state index contributed by atoms with van der Waals surface area (Å²) in [6, 6.07) is 0. The van der Waals surface area contributed by atoms with E-state index < -0.39 is 6.10 Å². The van der Waals surface area contributed by atoms with E-state index in [9.17, 15) is 9.59 Å². The lowest BCUT2D eigenvalue weighted by molar-refractivity contribution is -0.163. The number of carbonyl (C=O) groups excluding carboxylic acids is 2. The fourth-order valence-corrected chi connectivity index (χ4v) is 7.72. The van der Waals surface area contributed by atoms with E-state index in [-0.39, 0.29) is 25.2 Å². The molecule has 0 bridgehead atoms. The fraction of sp³-hybridized carbons (Fsp3) is 0.738. The minimum absolute atomic E-state index is 0.0568. The van der Waals surface area contributed by atoms with E-state index in [0.717, 1.165) is 77.0 Å². The molecule has 66 heavy (non-hydrogen) atoms. The largest absolute Gasteiger partial charge is 0.462 e. The SMILES string of the molecule is CC/C=C\C/C=C\C/C=C\C/C=C\CCCOCC(COC(=O)CCCCCCCCCCC/C=C\CCCCCCCC)OC(=O)CCCCCCCCC/C=C\C/C=C\CCCCC. The molecular weight excluding hydrogens is 813 g/mol. The number of esters is 2. The molecule has 0 aromatic carbocycles. The molecule has 0 spiro atoms. The first kappa shape index (κ1) is 63.1. The second-order valence-electron chi connectivity index (χ2n) is 18.4. The van der Waals surface area contributed by atoms with Gasteiger partial charge in [-0.25, -0.2) is 0 Å². The number of hydrogen-bond donors (Lipinski definition) is 0. The number of carbonyl (C=O) groups is 2. The Bertz CT molecular complexity index is 1220. The highest BCUT2D eigenvalue weighted by Crippen LogP contribution is 2.15. The predicted octanol–water partition coefficient (Wildman–Crippen LogP) is 19.2. The molecule has 0 aliphatic carbocycles. The van der Waals surface area contributed by atoms with Crippen molar-refractivity contribution in [2.24, 2.45) is 0 Å². The molecule has 5 nitrogen and oxygen atoms in total. The Morgan fingerprint density at radius 1 is 0.348 bits per heavy atom. The van der Waals surface area contributed by atoms with Gasteiger partial charge in [0.2, 0.25) is 0 Å². The zero-order valence-corrected chi connectivity index (χ0v) is 43.7. The third kappa shape index (κ3) is 53.7. The van der Waals surface area contributed by atoms with Crippen LogP contribution in [-0.2, 0) is 23.8 Å². The van der Waals surface area contributed by atoms with Crippen LogP contribution < -0.4 is 0 Å². The van der Waals surface area contributed by atoms with E-state index in [0.29, 0.717) is 19.4 Å². The number of hydrogen-bond acceptors (Lipinski definition) is 5. The van der Waals surface area contributed by atoms with E-state index in [1.165, 1.54) is 154 Å². The van der Waals surface area contributed by atoms with Crippen molar-refractivity contribution in [1.82, 2.24) is 0 Å². The Morgan fingerprint density at radius 2 is 0.682 bits per heavy atom. The van der Waals surface area contributed by atoms with Gasteiger partial charge in [0.15, 0.2) is 6.10 Å². The number of ether oxygens (including phenoxy) is 3. The van der Waals surface area contributed by atoms with Crippen molar-refractivity contribution in [3.8, 4) is 0 Å². The Hall–Kier alpha value is -2.92. The van der Waals surface area contributed by atoms with E-state index in [4.69, 9.17) is 14.2 Å². The average molecular weight is 920 g/mol. The zero-order valence-electron chi connectivity index (χ0n) is 43.7. The van der Waals surface area contributed by atoms with Gasteiger partial charge in [-0.1, -0.05) is 228 Å². The molecule has 0 saturated carbocycles. The first-order valence-electron chi connectivity index (χ1n) is 28.1. The summed E-state index contributed by atoms with van der Waals surface area (Å²) in [6.45, 7) is 7.56. The van der Waals surface area contributed by atoms with Crippen LogP contribution in [0, 0.1) is 0 Å². The normalized spacial score (nSPS) is 12.8. The predicted molar refractivity (Wildman–Crippen MR) is 288 cm³/mol. The highest BCUT2D eigenvalue weighted by atomic mass is 16.6. The van der Waals surface area contributed by atoms with Crippen LogP contribution >= 0.6 is 0 Å². The van der Waals surface area contributed by atoms with E-state index in [1.54, 1.807) is 0 Å². The Morgan fingerprint density at radius 3 is 1.14 bits per heavy atom. The van der Waals surface area contributed by atoms with Crippen LogP contribution in [0.5, 0.6) is 0 Å². The van der Waals surface area contributed by atoms with Gasteiger partial charge in [0.25, 0.3) is 0 Å². The topological polar surface area (TPSA) is 61.8 Å². The zero-order chi connectivity index (χ0) is 47.7. The maximum atomic E-state index is 12.8. The lowest BCUT2D eigenvalue weighted by Gasteiger charge is -2.18. The molecule has 0 aromatic heterocycles. The molecule has 0 aliphatic heterocycles. The van der Waals surface area contributed by atoms with Gasteiger partial charge in [0.1, 0.15) is 6.61 Å². The lowest BCUT2D eigenvalue weighted by Crippen LogP contribution is -2.30. The molecule has 0 amide bonds. The van der Waals surface area contributed by atoms with E-state index in [1.807, 2.05) is 0 Å². The average Bonchev–Trinajstić information content (AvgIpc) is 3.32. The summed E-state index contributed by atoms with van der Waals surface area (Å²) in [4.78, 5) is 25.5. The van der Waals surface area contributed by atoms with Crippen molar-refractivity contribution < 1.29 is 23.8 Å². The minimum atomic E-state index is -0.573. The van der Waals surface area contributed by atoms with Crippen molar-refractivity contribution in [3.63, 3.8) is 0 Å². The number of allylic oxidation sites excluding steroid dienone is 14. The molecule has 0 N–H and O–H groups in total. The van der Waals surface area contributed by atoms with Crippen LogP contribution in [0.15, 0.2) is 85.1 Å². The van der Waals surface area contributed by atoms with Crippen molar-refractivity contribution in [1.29, 1.82) is 0 Å². The Balaban J connectivity index is 4.33. The standard InChI is InChI=1S/C61H106O5/c1-4-7-10-13-16-19-22-25-28-30-31-33-34-36-39-42-45-48-51-54-60(62)65-58-59(57-64-56-53-50-47-44-41-38-27-24-21-18-15-12-9-6-3)66-61(63)55-52-49-46-43-40-37-35-32-29-26-23-20-17-14-11-8-5-2/h9,12,17-18,20-21,25-29,38,44,47,59H,4-8,10-11,13-16,19,22-24,30-37,39-43,45-46,48-58H2,1-3H3/b12-9-,20-17-,21-18-,28-25-,29-26-,38-27-,47-44-. The van der Waals surface area contributed by atoms with Gasteiger partial charge in [-0.15, -0.1) is 0 Å². The third-order valence-electron chi connectivity index (χ3n) is 11.9. The van der Waals surface area contributed by atoms with Crippen molar-refractivity contribution in [3.05, 3.63) is 85.1 Å². The fourth-order valence-electron chi connectivity index (χ4n) is 7.72. The van der Waals surface area contributed by atoms with Crippen LogP contribution in [0.1, 0.15) is 265 Å². The highest BCUT2D eigenvalue weighted by Gasteiger charge is 2.17. The van der Waals surface area contributed by atoms with Gasteiger partial charge in [0.05, 0.1) is 6.61 Å². The molecule has 0 rings (SSSR count). The van der Waals surface area contributed by atoms with Crippen molar-refractivity contribution in [2.45, 2.75) is 271 Å². The second kappa shape index (κ2) is 56.4. The Labute approximate surface area is 409 Å². The van der Waals surface area contributed by atoms with Crippen LogP contribution in [0.4, 0.5) is 0 Å². The van der Waals surface area contributed by atoms with Gasteiger partial charge in [-0.2, -0.15) is 0 Å². The monoisotopic (exact) mass is 919 g/mol. The summed E-state index contributed by atoms with van der Waals surface area (Å²) >= 11 is 0. The maximum absolute atomic E-state index is 12.8. The molecule has 0 fully saturated rings. The third-order valence-corrected chi connectivity index (χ3v) is 11.9. The van der Waals surface area contributed by atoms with Gasteiger partial charge in [0, 0.05) is 19.4 Å². The van der Waals surface area contributed by atoms with Crippen LogP contribution in [0.25, 0.3) is 0 Å². The molecule has 5 heteroatoms. The van der Waals surface area contributed by atoms with Crippen LogP contribution in [0.3, 0.4) is 0 Å². The summed E-state index contributed by atoms with van der Waals surface area (Å²) in [5.41, 5.74) is 0. The summed E-state index contributed by atoms with van der Waals surface area (Å²) in [6.07, 6.45) is 74.7. The first-order valence-corrected chi connectivity index (χ1v) is 28.1. The van der Waals surface area contributed by atoms with Gasteiger partial charge in [-0.05, 0) is 109 Å². The first-order chi connectivity index (χ1) is 32.6. The van der Waals surface area contributed by atoms with E-state index >= 15 is 0 Å². The molecule has 0 aromatic rings. The molecule has 0 heterocycles. The molecule has 0 saturated heterocycles. The summed E-state index contributed by atoms with van der Waals surface area (Å²) in [5, 5.41) is 0. The lowest BCUT2D eigenvalue weighted by atomic mass is 10.1. The van der Waals surface area contributed by atoms with Gasteiger partial charge >= 0.3 is 11.9 Å². The quantitative estimate of drug-likeness (QED) is 0.0346. The van der Waals surface area contributed by atoms with Crippen molar-refractivity contribution in [2.75, 3.05) is 19.8 Å². The molecule has 1 atom stereocenters. The number of rotatable bonds is 51. The molecular formula is C61H106O5. The minimum Gasteiger partial charge on any atom is -0.462 e. The number of unbranched alkanes of at least 4 members (excludes halogenated alkanes) is 26. The summed E-state index contributed by atoms with van der Waals surface area (Å²) in [7, 11) is 0. The molecule has 0 radical (unpaired) electrons. The molecule has 0 aliphatic rings.